The summed E-state index contributed by atoms with van der Waals surface area (Å²) < 4.78 is 13.9. The maximum absolute atomic E-state index is 13.0. The summed E-state index contributed by atoms with van der Waals surface area (Å²) in [5.74, 6) is -1.79. The molecule has 1 N–H and O–H groups in total. The fourth-order valence-electron chi connectivity index (χ4n) is 2.58. The van der Waals surface area contributed by atoms with Crippen molar-refractivity contribution in [2.45, 2.75) is 6.92 Å². The van der Waals surface area contributed by atoms with Crippen molar-refractivity contribution < 1.29 is 14.3 Å². The maximum Gasteiger partial charge on any atom is 0.357 e. The van der Waals surface area contributed by atoms with Gasteiger partial charge in [0.05, 0.1) is 5.69 Å². The zero-order valence-electron chi connectivity index (χ0n) is 14.8. The molecule has 28 heavy (non-hydrogen) atoms. The number of hydrogen-bond acceptors (Lipinski definition) is 4. The van der Waals surface area contributed by atoms with Crippen LogP contribution in [0.3, 0.4) is 0 Å². The summed E-state index contributed by atoms with van der Waals surface area (Å²) >= 11 is 0. The van der Waals surface area contributed by atoms with E-state index in [1.807, 2.05) is 6.92 Å². The van der Waals surface area contributed by atoms with Gasteiger partial charge in [-0.2, -0.15) is 15.0 Å². The summed E-state index contributed by atoms with van der Waals surface area (Å²) in [7, 11) is 0. The van der Waals surface area contributed by atoms with Crippen molar-refractivity contribution in [3.63, 3.8) is 0 Å². The van der Waals surface area contributed by atoms with E-state index in [4.69, 9.17) is 0 Å². The number of carboxylic acid groups (broad SMARTS) is 1. The van der Waals surface area contributed by atoms with Crippen molar-refractivity contribution in [1.82, 2.24) is 9.78 Å². The largest absolute Gasteiger partial charge is 0.476 e. The molecule has 0 saturated heterocycles. The third kappa shape index (κ3) is 3.71. The summed E-state index contributed by atoms with van der Waals surface area (Å²) in [6.45, 7) is 1.87. The van der Waals surface area contributed by atoms with E-state index in [0.717, 1.165) is 10.2 Å². The van der Waals surface area contributed by atoms with E-state index < -0.39 is 23.0 Å². The number of nitriles is 1. The Morgan fingerprint density at radius 3 is 2.36 bits per heavy atom. The number of nitrogens with zero attached hydrogens (tertiary/aromatic N) is 3. The monoisotopic (exact) mass is 375 g/mol. The zero-order valence-corrected chi connectivity index (χ0v) is 14.8. The van der Waals surface area contributed by atoms with E-state index >= 15 is 0 Å². The van der Waals surface area contributed by atoms with Crippen LogP contribution in [0.4, 0.5) is 4.39 Å². The van der Waals surface area contributed by atoms with Gasteiger partial charge in [-0.1, -0.05) is 42.0 Å². The fourth-order valence-corrected chi connectivity index (χ4v) is 2.58. The first-order valence-electron chi connectivity index (χ1n) is 8.22. The van der Waals surface area contributed by atoms with Crippen molar-refractivity contribution in [2.24, 2.45) is 0 Å². The summed E-state index contributed by atoms with van der Waals surface area (Å²) in [5.41, 5.74) is 0.270. The third-order valence-electron chi connectivity index (χ3n) is 4.04. The molecular weight excluding hydrogens is 361 g/mol. The van der Waals surface area contributed by atoms with E-state index in [9.17, 15) is 24.3 Å². The number of aromatic nitrogens is 2. The Balaban J connectivity index is 2.20. The van der Waals surface area contributed by atoms with Crippen LogP contribution >= 0.6 is 0 Å². The van der Waals surface area contributed by atoms with E-state index in [1.165, 1.54) is 36.4 Å². The smallest absolute Gasteiger partial charge is 0.357 e. The minimum absolute atomic E-state index is 0.104. The lowest BCUT2D eigenvalue weighted by molar-refractivity contribution is 0.0688. The first-order valence-corrected chi connectivity index (χ1v) is 8.22. The van der Waals surface area contributed by atoms with E-state index in [2.05, 4.69) is 5.10 Å². The number of hydrogen-bond donors (Lipinski definition) is 1. The molecule has 7 heteroatoms. The molecule has 6 nitrogen and oxygen atoms in total. The van der Waals surface area contributed by atoms with Crippen LogP contribution in [0.25, 0.3) is 17.8 Å². The lowest BCUT2D eigenvalue weighted by Crippen LogP contribution is -2.28. The van der Waals surface area contributed by atoms with Crippen molar-refractivity contribution in [3.8, 4) is 11.8 Å². The first-order chi connectivity index (χ1) is 13.4. The van der Waals surface area contributed by atoms with Gasteiger partial charge in [0.2, 0.25) is 0 Å². The molecule has 0 aliphatic heterocycles. The molecule has 0 saturated carbocycles. The molecule has 1 aromatic heterocycles. The van der Waals surface area contributed by atoms with E-state index in [1.54, 1.807) is 30.3 Å². The molecule has 2 aromatic carbocycles. The molecule has 0 spiro atoms. The van der Waals surface area contributed by atoms with Gasteiger partial charge in [0.25, 0.3) is 5.56 Å². The summed E-state index contributed by atoms with van der Waals surface area (Å²) in [6, 6.07) is 14.0. The van der Waals surface area contributed by atoms with Crippen LogP contribution in [0.15, 0.2) is 53.3 Å². The second-order valence-corrected chi connectivity index (χ2v) is 5.99. The van der Waals surface area contributed by atoms with Crippen molar-refractivity contribution in [3.05, 3.63) is 92.6 Å². The molecule has 0 atom stereocenters. The zero-order chi connectivity index (χ0) is 20.3. The second kappa shape index (κ2) is 7.68. The van der Waals surface area contributed by atoms with Gasteiger partial charge in [-0.25, -0.2) is 9.18 Å². The molecule has 138 valence electrons. The molecule has 0 amide bonds. The molecule has 0 fully saturated rings. The number of rotatable bonds is 4. The van der Waals surface area contributed by atoms with Crippen LogP contribution in [-0.4, -0.2) is 20.9 Å². The van der Waals surface area contributed by atoms with Crippen LogP contribution < -0.4 is 5.56 Å². The summed E-state index contributed by atoms with van der Waals surface area (Å²) in [6.07, 6.45) is 2.81. The highest BCUT2D eigenvalue weighted by Gasteiger charge is 2.21. The lowest BCUT2D eigenvalue weighted by atomic mass is 10.1. The average Bonchev–Trinajstić information content (AvgIpc) is 2.68. The lowest BCUT2D eigenvalue weighted by Gasteiger charge is -2.10. The van der Waals surface area contributed by atoms with Gasteiger partial charge < -0.3 is 5.11 Å². The quantitative estimate of drug-likeness (QED) is 0.754. The molecule has 3 aromatic rings. The highest BCUT2D eigenvalue weighted by Crippen LogP contribution is 2.16. The molecule has 0 aliphatic carbocycles. The van der Waals surface area contributed by atoms with Crippen molar-refractivity contribution >= 4 is 18.1 Å². The number of carbonyl (C=O) groups is 1. The minimum atomic E-state index is -1.38. The number of benzene rings is 2. The standard InChI is InChI=1S/C21H14FN3O3/c1-13-2-9-16(10-3-13)25-20(26)18(12-23)17(19(24-25)21(27)28)11-6-14-4-7-15(22)8-5-14/h2-11H,1H3,(H,27,28)/b11-6-. The minimum Gasteiger partial charge on any atom is -0.476 e. The topological polar surface area (TPSA) is 96.0 Å². The number of carboxylic acids is 1. The number of halogens is 1. The van der Waals surface area contributed by atoms with Crippen LogP contribution in [0, 0.1) is 24.1 Å². The van der Waals surface area contributed by atoms with Crippen molar-refractivity contribution in [1.29, 1.82) is 5.26 Å². The SMILES string of the molecule is Cc1ccc(-n2nc(C(=O)O)c(/C=C\c3ccc(F)cc3)c(C#N)c2=O)cc1. The highest BCUT2D eigenvalue weighted by atomic mass is 19.1. The summed E-state index contributed by atoms with van der Waals surface area (Å²) in [5, 5.41) is 23.0. The average molecular weight is 375 g/mol. The number of aromatic carboxylic acids is 1. The normalized spacial score (nSPS) is 10.8. The van der Waals surface area contributed by atoms with Gasteiger partial charge in [-0.15, -0.1) is 0 Å². The molecule has 0 bridgehead atoms. The Morgan fingerprint density at radius 2 is 1.79 bits per heavy atom. The van der Waals surface area contributed by atoms with E-state index in [0.29, 0.717) is 11.3 Å². The molecular formula is C21H14FN3O3. The van der Waals surface area contributed by atoms with Gasteiger partial charge in [0.15, 0.2) is 5.69 Å². The van der Waals surface area contributed by atoms with Gasteiger partial charge >= 0.3 is 5.97 Å². The maximum atomic E-state index is 13.0. The Morgan fingerprint density at radius 1 is 1.14 bits per heavy atom. The van der Waals surface area contributed by atoms with E-state index in [-0.39, 0.29) is 11.1 Å². The molecule has 0 radical (unpaired) electrons. The molecule has 1 heterocycles. The van der Waals surface area contributed by atoms with Crippen LogP contribution in [0.5, 0.6) is 0 Å². The Hall–Kier alpha value is -4.05. The summed E-state index contributed by atoms with van der Waals surface area (Å²) in [4.78, 5) is 24.5. The molecule has 0 aliphatic rings. The predicted octanol–water partition coefficient (Wildman–Crippen LogP) is 3.42. The highest BCUT2D eigenvalue weighted by molar-refractivity contribution is 5.92. The fraction of sp³-hybridized carbons (Fsp3) is 0.0476. The van der Waals surface area contributed by atoms with Gasteiger partial charge in [-0.3, -0.25) is 4.79 Å². The Labute approximate surface area is 159 Å². The predicted molar refractivity (Wildman–Crippen MR) is 102 cm³/mol. The van der Waals surface area contributed by atoms with Gasteiger partial charge in [0.1, 0.15) is 17.4 Å². The van der Waals surface area contributed by atoms with Crippen molar-refractivity contribution in [2.75, 3.05) is 0 Å². The van der Waals surface area contributed by atoms with Crippen LogP contribution in [0.1, 0.15) is 32.7 Å². The van der Waals surface area contributed by atoms with Gasteiger partial charge in [-0.05, 0) is 36.8 Å². The van der Waals surface area contributed by atoms with Gasteiger partial charge in [0, 0.05) is 5.56 Å². The second-order valence-electron chi connectivity index (χ2n) is 5.99. The molecule has 3 rings (SSSR count). The first kappa shape index (κ1) is 18.7. The van der Waals surface area contributed by atoms with Crippen LogP contribution in [0.2, 0.25) is 0 Å². The Kier molecular flexibility index (Phi) is 5.14. The number of aryl methyl sites for hydroxylation is 1. The van der Waals surface area contributed by atoms with Crippen LogP contribution in [-0.2, 0) is 0 Å². The Bertz CT molecular complexity index is 1170. The molecule has 0 unspecified atom stereocenters. The third-order valence-corrected chi connectivity index (χ3v) is 4.04.